The quantitative estimate of drug-likeness (QED) is 0.239. The van der Waals surface area contributed by atoms with Crippen molar-refractivity contribution >= 4 is 37.9 Å². The van der Waals surface area contributed by atoms with E-state index in [1.165, 1.54) is 43.5 Å². The molecule has 0 aliphatic heterocycles. The van der Waals surface area contributed by atoms with Crippen LogP contribution in [0.5, 0.6) is 0 Å². The number of aromatic nitrogens is 2. The minimum absolute atomic E-state index is 0.565. The molecule has 1 aliphatic carbocycles. The zero-order chi connectivity index (χ0) is 24.8. The summed E-state index contributed by atoms with van der Waals surface area (Å²) in [5.41, 5.74) is 5.57. The van der Waals surface area contributed by atoms with Crippen molar-refractivity contribution in [2.45, 2.75) is 13.3 Å². The molecule has 0 saturated heterocycles. The van der Waals surface area contributed by atoms with Crippen molar-refractivity contribution in [3.63, 3.8) is 0 Å². The van der Waals surface area contributed by atoms with Crippen molar-refractivity contribution in [3.05, 3.63) is 127 Å². The highest BCUT2D eigenvalue weighted by atomic mass is 14.9. The predicted octanol–water partition coefficient (Wildman–Crippen LogP) is 9.25. The highest BCUT2D eigenvalue weighted by molar-refractivity contribution is 6.25. The molecule has 0 bridgehead atoms. The third-order valence-electron chi connectivity index (χ3n) is 7.42. The second-order valence-electron chi connectivity index (χ2n) is 9.94. The molecular weight excluding hydrogens is 448 g/mol. The summed E-state index contributed by atoms with van der Waals surface area (Å²) in [4.78, 5) is 9.69. The van der Waals surface area contributed by atoms with E-state index in [0.29, 0.717) is 5.92 Å². The van der Waals surface area contributed by atoms with Gasteiger partial charge in [0.1, 0.15) is 0 Å². The molecule has 1 atom stereocenters. The van der Waals surface area contributed by atoms with Gasteiger partial charge in [-0.3, -0.25) is 0 Å². The highest BCUT2D eigenvalue weighted by Gasteiger charge is 2.12. The van der Waals surface area contributed by atoms with Crippen LogP contribution in [0.25, 0.3) is 60.5 Å². The van der Waals surface area contributed by atoms with E-state index >= 15 is 0 Å². The van der Waals surface area contributed by atoms with Crippen LogP contribution in [-0.4, -0.2) is 9.97 Å². The van der Waals surface area contributed by atoms with E-state index in [-0.39, 0.29) is 0 Å². The number of allylic oxidation sites excluding steroid dienone is 4. The van der Waals surface area contributed by atoms with E-state index in [0.717, 1.165) is 29.1 Å². The summed E-state index contributed by atoms with van der Waals surface area (Å²) in [6.07, 6.45) is 9.83. The first kappa shape index (κ1) is 21.7. The van der Waals surface area contributed by atoms with Crippen LogP contribution in [0, 0.1) is 5.92 Å². The molecule has 7 rings (SSSR count). The number of rotatable bonds is 3. The first-order valence-corrected chi connectivity index (χ1v) is 12.9. The number of hydrogen-bond acceptors (Lipinski definition) is 2. The lowest BCUT2D eigenvalue weighted by Crippen LogP contribution is -1.96. The molecule has 2 nitrogen and oxygen atoms in total. The second-order valence-corrected chi connectivity index (χ2v) is 9.94. The summed E-state index contributed by atoms with van der Waals surface area (Å²) in [7, 11) is 0. The van der Waals surface area contributed by atoms with Crippen molar-refractivity contribution in [3.8, 4) is 22.6 Å². The standard InChI is InChI=1S/C35H26N2/c1-23-8-6-9-24(20-23)25-10-7-11-26(21-25)34-18-19-36-35(37-34)27-16-17-32-30-14-3-2-12-28(30)29-13-4-5-15-31(29)33(32)22-27/h2-7,9-23H,8H2,1H3. The molecule has 2 heteroatoms. The highest BCUT2D eigenvalue weighted by Crippen LogP contribution is 2.37. The van der Waals surface area contributed by atoms with Gasteiger partial charge in [0, 0.05) is 17.3 Å². The molecule has 1 unspecified atom stereocenters. The van der Waals surface area contributed by atoms with Gasteiger partial charge < -0.3 is 0 Å². The Hall–Kier alpha value is -4.56. The molecular formula is C35H26N2. The van der Waals surface area contributed by atoms with E-state index in [4.69, 9.17) is 4.98 Å². The summed E-state index contributed by atoms with van der Waals surface area (Å²) in [6, 6.07) is 34.6. The average Bonchev–Trinajstić information content (AvgIpc) is 2.97. The summed E-state index contributed by atoms with van der Waals surface area (Å²) in [6.45, 7) is 2.26. The normalized spacial score (nSPS) is 15.4. The molecule has 176 valence electrons. The maximum atomic E-state index is 5.02. The van der Waals surface area contributed by atoms with Crippen molar-refractivity contribution < 1.29 is 0 Å². The molecule has 0 saturated carbocycles. The Morgan fingerprint density at radius 3 is 2.03 bits per heavy atom. The number of hydrogen-bond donors (Lipinski definition) is 0. The monoisotopic (exact) mass is 474 g/mol. The number of fused-ring (bicyclic) bond motifs is 6. The Morgan fingerprint density at radius 1 is 0.622 bits per heavy atom. The fraction of sp³-hybridized carbons (Fsp3) is 0.0857. The smallest absolute Gasteiger partial charge is 0.159 e. The largest absolute Gasteiger partial charge is 0.237 e. The van der Waals surface area contributed by atoms with Crippen LogP contribution in [0.1, 0.15) is 18.9 Å². The Labute approximate surface area is 216 Å². The van der Waals surface area contributed by atoms with Gasteiger partial charge >= 0.3 is 0 Å². The molecule has 1 heterocycles. The van der Waals surface area contributed by atoms with Crippen molar-refractivity contribution in [2.75, 3.05) is 0 Å². The molecule has 0 radical (unpaired) electrons. The van der Waals surface area contributed by atoms with E-state index in [9.17, 15) is 0 Å². The summed E-state index contributed by atoms with van der Waals surface area (Å²) in [5, 5.41) is 7.57. The molecule has 0 spiro atoms. The van der Waals surface area contributed by atoms with Crippen LogP contribution in [0.2, 0.25) is 0 Å². The zero-order valence-electron chi connectivity index (χ0n) is 20.7. The van der Waals surface area contributed by atoms with Crippen molar-refractivity contribution in [1.82, 2.24) is 9.97 Å². The maximum Gasteiger partial charge on any atom is 0.159 e. The Balaban J connectivity index is 1.35. The Bertz CT molecular complexity index is 1840. The molecule has 0 fully saturated rings. The number of benzene rings is 5. The first-order valence-electron chi connectivity index (χ1n) is 12.9. The molecule has 1 aliphatic rings. The van der Waals surface area contributed by atoms with Gasteiger partial charge in [0.2, 0.25) is 0 Å². The van der Waals surface area contributed by atoms with Crippen LogP contribution < -0.4 is 0 Å². The van der Waals surface area contributed by atoms with E-state index < -0.39 is 0 Å². The third-order valence-corrected chi connectivity index (χ3v) is 7.42. The van der Waals surface area contributed by atoms with E-state index in [1.54, 1.807) is 0 Å². The van der Waals surface area contributed by atoms with Gasteiger partial charge in [-0.2, -0.15) is 0 Å². The van der Waals surface area contributed by atoms with Crippen LogP contribution in [-0.2, 0) is 0 Å². The Morgan fingerprint density at radius 2 is 1.30 bits per heavy atom. The van der Waals surface area contributed by atoms with Crippen molar-refractivity contribution in [1.29, 1.82) is 0 Å². The van der Waals surface area contributed by atoms with Crippen LogP contribution >= 0.6 is 0 Å². The van der Waals surface area contributed by atoms with Gasteiger partial charge in [0.15, 0.2) is 5.82 Å². The van der Waals surface area contributed by atoms with Gasteiger partial charge in [-0.05, 0) is 74.0 Å². The van der Waals surface area contributed by atoms with Crippen LogP contribution in [0.3, 0.4) is 0 Å². The summed E-state index contributed by atoms with van der Waals surface area (Å²) >= 11 is 0. The summed E-state index contributed by atoms with van der Waals surface area (Å²) < 4.78 is 0. The second kappa shape index (κ2) is 8.83. The minimum Gasteiger partial charge on any atom is -0.237 e. The van der Waals surface area contributed by atoms with Gasteiger partial charge in [-0.25, -0.2) is 9.97 Å². The number of nitrogens with zero attached hydrogens (tertiary/aromatic N) is 2. The van der Waals surface area contributed by atoms with Crippen molar-refractivity contribution in [2.24, 2.45) is 5.92 Å². The predicted molar refractivity (Wildman–Crippen MR) is 156 cm³/mol. The van der Waals surface area contributed by atoms with Gasteiger partial charge in [-0.1, -0.05) is 104 Å². The SMILES string of the molecule is CC1C=C(c2cccc(-c3ccnc(-c4ccc5c6ccccc6c6ccccc6c5c4)n3)c2)C=CC1. The third kappa shape index (κ3) is 3.82. The fourth-order valence-electron chi connectivity index (χ4n) is 5.60. The minimum atomic E-state index is 0.565. The molecule has 37 heavy (non-hydrogen) atoms. The maximum absolute atomic E-state index is 5.02. The van der Waals surface area contributed by atoms with Gasteiger partial charge in [0.25, 0.3) is 0 Å². The summed E-state index contributed by atoms with van der Waals surface area (Å²) in [5.74, 6) is 1.31. The van der Waals surface area contributed by atoms with Gasteiger partial charge in [-0.15, -0.1) is 0 Å². The fourth-order valence-corrected chi connectivity index (χ4v) is 5.60. The molecule has 1 aromatic heterocycles. The average molecular weight is 475 g/mol. The molecule has 0 N–H and O–H groups in total. The Kier molecular flexibility index (Phi) is 5.18. The molecule has 5 aromatic carbocycles. The first-order chi connectivity index (χ1) is 18.2. The lowest BCUT2D eigenvalue weighted by atomic mass is 9.92. The molecule has 6 aromatic rings. The zero-order valence-corrected chi connectivity index (χ0v) is 20.7. The lowest BCUT2D eigenvalue weighted by molar-refractivity contribution is 0.740. The van der Waals surface area contributed by atoms with E-state index in [2.05, 4.69) is 121 Å². The topological polar surface area (TPSA) is 25.8 Å². The van der Waals surface area contributed by atoms with Gasteiger partial charge in [0.05, 0.1) is 5.69 Å². The van der Waals surface area contributed by atoms with Crippen LogP contribution in [0.15, 0.2) is 121 Å². The lowest BCUT2D eigenvalue weighted by Gasteiger charge is -2.14. The van der Waals surface area contributed by atoms with Crippen LogP contribution in [0.4, 0.5) is 0 Å². The molecule has 0 amide bonds. The van der Waals surface area contributed by atoms with E-state index in [1.807, 2.05) is 12.3 Å².